The van der Waals surface area contributed by atoms with Gasteiger partial charge in [0, 0.05) is 37.2 Å². The fraction of sp³-hybridized carbons (Fsp3) is 0.0732. The van der Waals surface area contributed by atoms with Gasteiger partial charge in [-0.2, -0.15) is 0 Å². The first-order valence-corrected chi connectivity index (χ1v) is 16.7. The lowest BCUT2D eigenvalue weighted by atomic mass is 10.0. The first kappa shape index (κ1) is 32.8. The van der Waals surface area contributed by atoms with E-state index in [0.29, 0.717) is 59.3 Å². The molecule has 0 bridgehead atoms. The van der Waals surface area contributed by atoms with Gasteiger partial charge in [0.25, 0.3) is 23.6 Å². The molecule has 0 aliphatic carbocycles. The Labute approximate surface area is 302 Å². The van der Waals surface area contributed by atoms with E-state index >= 15 is 0 Å². The van der Waals surface area contributed by atoms with Gasteiger partial charge >= 0.3 is 0 Å². The molecular weight excluding hydrogens is 672 g/mol. The highest BCUT2D eigenvalue weighted by atomic mass is 16.5. The number of carbonyl (C=O) groups is 4. The zero-order valence-electron chi connectivity index (χ0n) is 28.0. The van der Waals surface area contributed by atoms with Crippen molar-refractivity contribution in [3.05, 3.63) is 162 Å². The number of rotatable bonds is 11. The summed E-state index contributed by atoms with van der Waals surface area (Å²) in [4.78, 5) is 59.0. The van der Waals surface area contributed by atoms with Crippen LogP contribution in [0.3, 0.4) is 0 Å². The highest BCUT2D eigenvalue weighted by Crippen LogP contribution is 2.33. The number of amides is 4. The average molecular weight is 703 g/mol. The summed E-state index contributed by atoms with van der Waals surface area (Å²) in [5.41, 5.74) is 6.12. The van der Waals surface area contributed by atoms with Crippen LogP contribution in [-0.4, -0.2) is 47.8 Å². The summed E-state index contributed by atoms with van der Waals surface area (Å²) in [7, 11) is 0. The van der Waals surface area contributed by atoms with E-state index in [9.17, 15) is 24.3 Å². The van der Waals surface area contributed by atoms with E-state index in [1.54, 1.807) is 47.6 Å². The topological polar surface area (TPSA) is 157 Å². The minimum absolute atomic E-state index is 0.117. The smallest absolute Gasteiger partial charge is 0.260 e. The number of hydrogen-bond donors (Lipinski definition) is 3. The second kappa shape index (κ2) is 13.8. The van der Waals surface area contributed by atoms with Gasteiger partial charge < -0.3 is 19.0 Å². The zero-order chi connectivity index (χ0) is 36.5. The fourth-order valence-electron chi connectivity index (χ4n) is 6.52. The van der Waals surface area contributed by atoms with Crippen LogP contribution in [0, 0.1) is 0 Å². The van der Waals surface area contributed by atoms with Crippen molar-refractivity contribution in [2.75, 3.05) is 0 Å². The molecule has 3 N–H and O–H groups in total. The summed E-state index contributed by atoms with van der Waals surface area (Å²) in [6, 6.07) is 31.4. The second-order valence-electron chi connectivity index (χ2n) is 12.6. The maximum absolute atomic E-state index is 12.8. The Morgan fingerprint density at radius 3 is 1.87 bits per heavy atom. The molecule has 53 heavy (non-hydrogen) atoms. The van der Waals surface area contributed by atoms with Crippen LogP contribution in [0.15, 0.2) is 128 Å². The number of aromatic hydroxyl groups is 1. The Hall–Kier alpha value is -7.34. The van der Waals surface area contributed by atoms with Crippen molar-refractivity contribution in [3.63, 3.8) is 0 Å². The van der Waals surface area contributed by atoms with Gasteiger partial charge in [0.2, 0.25) is 0 Å². The Balaban J connectivity index is 1.04. The van der Waals surface area contributed by atoms with Crippen LogP contribution >= 0.6 is 0 Å². The Kier molecular flexibility index (Phi) is 8.53. The van der Waals surface area contributed by atoms with E-state index < -0.39 is 23.6 Å². The SMILES string of the molecule is O=C1C=C(c2c(Cc3ccccc3)ncn2Cc2cccc(Oc3ccc(-c4ncn(Cc5cccc(O)c5)c4C4=CC(=O)NC4=O)cc3)c2)C(=O)N1. The normalized spacial score (nSPS) is 13.9. The molecule has 0 unspecified atom stereocenters. The van der Waals surface area contributed by atoms with Crippen LogP contribution in [0.2, 0.25) is 0 Å². The predicted molar refractivity (Wildman–Crippen MR) is 194 cm³/mol. The van der Waals surface area contributed by atoms with Crippen LogP contribution in [0.5, 0.6) is 17.2 Å². The third-order valence-electron chi connectivity index (χ3n) is 8.87. The molecule has 0 atom stereocenters. The summed E-state index contributed by atoms with van der Waals surface area (Å²) in [5, 5.41) is 14.6. The predicted octanol–water partition coefficient (Wildman–Crippen LogP) is 5.01. The number of imidazole rings is 2. The Morgan fingerprint density at radius 2 is 1.21 bits per heavy atom. The van der Waals surface area contributed by atoms with Crippen LogP contribution in [-0.2, 0) is 38.7 Å². The van der Waals surface area contributed by atoms with Crippen molar-refractivity contribution in [1.82, 2.24) is 29.7 Å². The molecule has 4 aromatic carbocycles. The molecule has 8 rings (SSSR count). The van der Waals surface area contributed by atoms with Crippen molar-refractivity contribution in [1.29, 1.82) is 0 Å². The van der Waals surface area contributed by atoms with Crippen molar-refractivity contribution in [3.8, 4) is 28.5 Å². The summed E-state index contributed by atoms with van der Waals surface area (Å²) in [5.74, 6) is -0.680. The molecule has 4 heterocycles. The van der Waals surface area contributed by atoms with Crippen LogP contribution < -0.4 is 15.4 Å². The van der Waals surface area contributed by atoms with Crippen molar-refractivity contribution < 1.29 is 29.0 Å². The molecule has 2 aromatic heterocycles. The largest absolute Gasteiger partial charge is 0.508 e. The quantitative estimate of drug-likeness (QED) is 0.159. The standard InChI is InChI=1S/C41H30N6O6/c48-29-10-4-8-26(16-29)21-47-24-43-37(39(47)33-20-36(50)45-41(33)52)28-12-14-30(15-13-28)53-31-11-5-9-27(17-31)22-46-23-42-34(18-25-6-2-1-3-7-25)38(46)32-19-35(49)44-40(32)51/h1-17,19-20,23-24,48H,18,21-22H2,(H,44,49,51)(H,45,50,52). The number of imide groups is 2. The van der Waals surface area contributed by atoms with E-state index in [0.717, 1.165) is 16.7 Å². The monoisotopic (exact) mass is 702 g/mol. The van der Waals surface area contributed by atoms with Crippen molar-refractivity contribution >= 4 is 34.8 Å². The van der Waals surface area contributed by atoms with Crippen LogP contribution in [0.4, 0.5) is 0 Å². The third kappa shape index (κ3) is 6.88. The molecule has 12 nitrogen and oxygen atoms in total. The number of nitrogens with zero attached hydrogens (tertiary/aromatic N) is 4. The molecule has 260 valence electrons. The number of phenolic OH excluding ortho intramolecular Hbond substituents is 1. The van der Waals surface area contributed by atoms with Gasteiger partial charge in [0.15, 0.2) is 0 Å². The molecule has 2 aliphatic rings. The number of hydrogen-bond acceptors (Lipinski definition) is 8. The molecule has 0 fully saturated rings. The number of nitrogens with one attached hydrogen (secondary N) is 2. The van der Waals surface area contributed by atoms with Gasteiger partial charge in [0.1, 0.15) is 17.2 Å². The first-order chi connectivity index (χ1) is 25.8. The maximum atomic E-state index is 12.8. The summed E-state index contributed by atoms with van der Waals surface area (Å²) in [6.07, 6.45) is 6.35. The maximum Gasteiger partial charge on any atom is 0.260 e. The number of phenols is 1. The zero-order valence-corrected chi connectivity index (χ0v) is 28.0. The van der Waals surface area contributed by atoms with Crippen LogP contribution in [0.1, 0.15) is 33.8 Å². The molecule has 4 amide bonds. The molecule has 6 aromatic rings. The van der Waals surface area contributed by atoms with Gasteiger partial charge in [-0.05, 0) is 65.2 Å². The summed E-state index contributed by atoms with van der Waals surface area (Å²) < 4.78 is 9.87. The van der Waals surface area contributed by atoms with Crippen LogP contribution in [0.25, 0.3) is 22.4 Å². The van der Waals surface area contributed by atoms with Gasteiger partial charge in [-0.15, -0.1) is 0 Å². The highest BCUT2D eigenvalue weighted by Gasteiger charge is 2.29. The van der Waals surface area contributed by atoms with Gasteiger partial charge in [-0.1, -0.05) is 54.6 Å². The minimum Gasteiger partial charge on any atom is -0.508 e. The summed E-state index contributed by atoms with van der Waals surface area (Å²) in [6.45, 7) is 0.678. The van der Waals surface area contributed by atoms with E-state index in [4.69, 9.17) is 4.74 Å². The van der Waals surface area contributed by atoms with E-state index in [1.807, 2.05) is 77.4 Å². The van der Waals surface area contributed by atoms with Gasteiger partial charge in [0.05, 0.1) is 46.6 Å². The first-order valence-electron chi connectivity index (χ1n) is 16.7. The van der Waals surface area contributed by atoms with Crippen molar-refractivity contribution in [2.24, 2.45) is 0 Å². The molecule has 0 saturated carbocycles. The Morgan fingerprint density at radius 1 is 0.604 bits per heavy atom. The fourth-order valence-corrected chi connectivity index (χ4v) is 6.52. The number of benzene rings is 4. The van der Waals surface area contributed by atoms with Gasteiger partial charge in [-0.25, -0.2) is 9.97 Å². The van der Waals surface area contributed by atoms with Gasteiger partial charge in [-0.3, -0.25) is 29.8 Å². The number of carbonyl (C=O) groups excluding carboxylic acids is 4. The molecule has 12 heteroatoms. The number of aromatic nitrogens is 4. The van der Waals surface area contributed by atoms with E-state index in [2.05, 4.69) is 20.6 Å². The molecular formula is C41H30N6O6. The molecule has 2 aliphatic heterocycles. The lowest BCUT2D eigenvalue weighted by Gasteiger charge is -2.13. The highest BCUT2D eigenvalue weighted by molar-refractivity contribution is 6.34. The lowest BCUT2D eigenvalue weighted by molar-refractivity contribution is -0.124. The molecule has 0 radical (unpaired) electrons. The van der Waals surface area contributed by atoms with E-state index in [-0.39, 0.29) is 16.9 Å². The molecule has 0 saturated heterocycles. The Bertz CT molecular complexity index is 2490. The van der Waals surface area contributed by atoms with E-state index in [1.165, 1.54) is 12.2 Å². The number of ether oxygens (including phenoxy) is 1. The molecule has 0 spiro atoms. The van der Waals surface area contributed by atoms with Crippen molar-refractivity contribution in [2.45, 2.75) is 19.5 Å². The lowest BCUT2D eigenvalue weighted by Crippen LogP contribution is -2.22. The summed E-state index contributed by atoms with van der Waals surface area (Å²) >= 11 is 0. The second-order valence-corrected chi connectivity index (χ2v) is 12.6. The minimum atomic E-state index is -0.513. The third-order valence-corrected chi connectivity index (χ3v) is 8.87. The average Bonchev–Trinajstić information content (AvgIpc) is 3.90.